The van der Waals surface area contributed by atoms with E-state index in [9.17, 15) is 4.79 Å². The van der Waals surface area contributed by atoms with Crippen LogP contribution in [0.3, 0.4) is 0 Å². The Hall–Kier alpha value is -0.830. The molecule has 0 aromatic heterocycles. The highest BCUT2D eigenvalue weighted by atomic mass is 16.5. The maximum Gasteiger partial charge on any atom is 0.309 e. The zero-order valence-corrected chi connectivity index (χ0v) is 10.2. The van der Waals surface area contributed by atoms with Crippen molar-refractivity contribution in [2.45, 2.75) is 33.1 Å². The number of carbonyl (C=O) groups excluding carboxylic acids is 1. The van der Waals surface area contributed by atoms with Gasteiger partial charge in [-0.3, -0.25) is 4.79 Å². The standard InChI is InChI=1S/C12H23NO2/c1-4-6-10-13(3)11-8-7-9-12(14)15-5-2/h7-8H,4-6,9-11H2,1-3H3/b8-7+. The summed E-state index contributed by atoms with van der Waals surface area (Å²) in [7, 11) is 2.09. The Morgan fingerprint density at radius 3 is 2.67 bits per heavy atom. The Morgan fingerprint density at radius 1 is 1.33 bits per heavy atom. The molecular formula is C12H23NO2. The predicted molar refractivity (Wildman–Crippen MR) is 62.8 cm³/mol. The molecule has 0 saturated heterocycles. The van der Waals surface area contributed by atoms with Gasteiger partial charge in [0.2, 0.25) is 0 Å². The molecule has 3 heteroatoms. The summed E-state index contributed by atoms with van der Waals surface area (Å²) < 4.78 is 4.81. The summed E-state index contributed by atoms with van der Waals surface area (Å²) >= 11 is 0. The first-order valence-electron chi connectivity index (χ1n) is 5.69. The van der Waals surface area contributed by atoms with Gasteiger partial charge in [-0.25, -0.2) is 0 Å². The smallest absolute Gasteiger partial charge is 0.309 e. The van der Waals surface area contributed by atoms with Gasteiger partial charge in [0.15, 0.2) is 0 Å². The summed E-state index contributed by atoms with van der Waals surface area (Å²) in [5.41, 5.74) is 0. The summed E-state index contributed by atoms with van der Waals surface area (Å²) in [6.45, 7) is 6.48. The maximum absolute atomic E-state index is 11.0. The van der Waals surface area contributed by atoms with Crippen molar-refractivity contribution >= 4 is 5.97 Å². The molecule has 0 saturated carbocycles. The lowest BCUT2D eigenvalue weighted by molar-refractivity contribution is -0.142. The van der Waals surface area contributed by atoms with Crippen molar-refractivity contribution in [3.8, 4) is 0 Å². The van der Waals surface area contributed by atoms with Gasteiger partial charge >= 0.3 is 5.97 Å². The molecule has 15 heavy (non-hydrogen) atoms. The van der Waals surface area contributed by atoms with E-state index in [0.717, 1.165) is 13.1 Å². The molecule has 88 valence electrons. The van der Waals surface area contributed by atoms with Crippen LogP contribution >= 0.6 is 0 Å². The molecule has 0 aliphatic heterocycles. The fourth-order valence-electron chi connectivity index (χ4n) is 1.17. The van der Waals surface area contributed by atoms with Crippen molar-refractivity contribution in [2.75, 3.05) is 26.7 Å². The lowest BCUT2D eigenvalue weighted by Gasteiger charge is -2.12. The molecule has 0 atom stereocenters. The summed E-state index contributed by atoms with van der Waals surface area (Å²) in [5, 5.41) is 0. The number of nitrogens with zero attached hydrogens (tertiary/aromatic N) is 1. The van der Waals surface area contributed by atoms with Gasteiger partial charge in [0.1, 0.15) is 0 Å². The minimum Gasteiger partial charge on any atom is -0.466 e. The fourth-order valence-corrected chi connectivity index (χ4v) is 1.17. The Bertz CT molecular complexity index is 190. The van der Waals surface area contributed by atoms with Crippen LogP contribution in [0.2, 0.25) is 0 Å². The van der Waals surface area contributed by atoms with Crippen LogP contribution < -0.4 is 0 Å². The van der Waals surface area contributed by atoms with Gasteiger partial charge in [0.25, 0.3) is 0 Å². The van der Waals surface area contributed by atoms with E-state index < -0.39 is 0 Å². The molecule has 0 bridgehead atoms. The molecule has 0 amide bonds. The Morgan fingerprint density at radius 2 is 2.07 bits per heavy atom. The number of esters is 1. The van der Waals surface area contributed by atoms with Crippen molar-refractivity contribution in [2.24, 2.45) is 0 Å². The number of ether oxygens (including phenoxy) is 1. The molecule has 0 spiro atoms. The van der Waals surface area contributed by atoms with Crippen molar-refractivity contribution in [3.05, 3.63) is 12.2 Å². The first kappa shape index (κ1) is 14.2. The van der Waals surface area contributed by atoms with Gasteiger partial charge in [-0.2, -0.15) is 0 Å². The molecule has 0 fully saturated rings. The topological polar surface area (TPSA) is 29.5 Å². The van der Waals surface area contributed by atoms with E-state index >= 15 is 0 Å². The molecular weight excluding hydrogens is 190 g/mol. The van der Waals surface area contributed by atoms with E-state index in [1.54, 1.807) is 0 Å². The van der Waals surface area contributed by atoms with E-state index in [2.05, 4.69) is 18.9 Å². The van der Waals surface area contributed by atoms with Crippen LogP contribution in [-0.2, 0) is 9.53 Å². The summed E-state index contributed by atoms with van der Waals surface area (Å²) in [6, 6.07) is 0. The number of likely N-dealkylation sites (N-methyl/N-ethyl adjacent to an activating group) is 1. The van der Waals surface area contributed by atoms with Gasteiger partial charge < -0.3 is 9.64 Å². The van der Waals surface area contributed by atoms with E-state index in [-0.39, 0.29) is 5.97 Å². The molecule has 0 unspecified atom stereocenters. The van der Waals surface area contributed by atoms with Gasteiger partial charge in [0, 0.05) is 6.54 Å². The van der Waals surface area contributed by atoms with Crippen LogP contribution in [0.1, 0.15) is 33.1 Å². The minimum absolute atomic E-state index is 0.148. The number of carbonyl (C=O) groups is 1. The SMILES string of the molecule is CCCCN(C)C/C=C/CC(=O)OCC. The number of unbranched alkanes of at least 4 members (excludes halogenated alkanes) is 1. The largest absolute Gasteiger partial charge is 0.466 e. The molecule has 0 aliphatic rings. The van der Waals surface area contributed by atoms with Gasteiger partial charge in [-0.15, -0.1) is 0 Å². The zero-order chi connectivity index (χ0) is 11.5. The van der Waals surface area contributed by atoms with Crippen LogP contribution in [0.25, 0.3) is 0 Å². The Labute approximate surface area is 93.1 Å². The molecule has 0 aliphatic carbocycles. The van der Waals surface area contributed by atoms with Gasteiger partial charge in [-0.1, -0.05) is 25.5 Å². The summed E-state index contributed by atoms with van der Waals surface area (Å²) in [6.07, 6.45) is 6.72. The summed E-state index contributed by atoms with van der Waals surface area (Å²) in [5.74, 6) is -0.148. The normalized spacial score (nSPS) is 11.2. The van der Waals surface area contributed by atoms with Crippen LogP contribution in [0.5, 0.6) is 0 Å². The molecule has 3 nitrogen and oxygen atoms in total. The first-order chi connectivity index (χ1) is 7.20. The molecule has 0 heterocycles. The van der Waals surface area contributed by atoms with Crippen molar-refractivity contribution in [1.82, 2.24) is 4.90 Å². The highest BCUT2D eigenvalue weighted by molar-refractivity contribution is 5.71. The second-order valence-corrected chi connectivity index (χ2v) is 3.60. The molecule has 0 N–H and O–H groups in total. The number of rotatable bonds is 8. The molecule has 0 aromatic carbocycles. The maximum atomic E-state index is 11.0. The van der Waals surface area contributed by atoms with E-state index in [0.29, 0.717) is 13.0 Å². The highest BCUT2D eigenvalue weighted by Gasteiger charge is 1.97. The van der Waals surface area contributed by atoms with Crippen molar-refractivity contribution in [3.63, 3.8) is 0 Å². The van der Waals surface area contributed by atoms with Crippen molar-refractivity contribution in [1.29, 1.82) is 0 Å². The average Bonchev–Trinajstić information content (AvgIpc) is 2.22. The van der Waals surface area contributed by atoms with E-state index in [4.69, 9.17) is 4.74 Å². The zero-order valence-electron chi connectivity index (χ0n) is 10.2. The van der Waals surface area contributed by atoms with Crippen LogP contribution in [0, 0.1) is 0 Å². The van der Waals surface area contributed by atoms with Crippen LogP contribution in [0.4, 0.5) is 0 Å². The first-order valence-corrected chi connectivity index (χ1v) is 5.69. The van der Waals surface area contributed by atoms with Crippen LogP contribution in [-0.4, -0.2) is 37.6 Å². The average molecular weight is 213 g/mol. The summed E-state index contributed by atoms with van der Waals surface area (Å²) in [4.78, 5) is 13.2. The van der Waals surface area contributed by atoms with Gasteiger partial charge in [-0.05, 0) is 26.9 Å². The number of hydrogen-bond donors (Lipinski definition) is 0. The lowest BCUT2D eigenvalue weighted by atomic mass is 10.3. The van der Waals surface area contributed by atoms with E-state index in [1.807, 2.05) is 19.1 Å². The molecule has 0 aromatic rings. The monoisotopic (exact) mass is 213 g/mol. The van der Waals surface area contributed by atoms with E-state index in [1.165, 1.54) is 12.8 Å². The van der Waals surface area contributed by atoms with Gasteiger partial charge in [0.05, 0.1) is 13.0 Å². The third-order valence-electron chi connectivity index (χ3n) is 2.07. The van der Waals surface area contributed by atoms with Crippen LogP contribution in [0.15, 0.2) is 12.2 Å². The third-order valence-corrected chi connectivity index (χ3v) is 2.07. The minimum atomic E-state index is -0.148. The quantitative estimate of drug-likeness (QED) is 0.457. The second-order valence-electron chi connectivity index (χ2n) is 3.60. The highest BCUT2D eigenvalue weighted by Crippen LogP contribution is 1.93. The number of hydrogen-bond acceptors (Lipinski definition) is 3. The Kier molecular flexibility index (Phi) is 9.18. The third kappa shape index (κ3) is 9.47. The lowest BCUT2D eigenvalue weighted by Crippen LogP contribution is -2.19. The molecule has 0 rings (SSSR count). The second kappa shape index (κ2) is 9.71. The predicted octanol–water partition coefficient (Wildman–Crippen LogP) is 2.23. The van der Waals surface area contributed by atoms with Crippen molar-refractivity contribution < 1.29 is 9.53 Å². The fraction of sp³-hybridized carbons (Fsp3) is 0.750. The Balaban J connectivity index is 3.48. The molecule has 0 radical (unpaired) electrons.